The van der Waals surface area contributed by atoms with Gasteiger partial charge in [0.1, 0.15) is 0 Å². The minimum Gasteiger partial charge on any atom is -0.356 e. The van der Waals surface area contributed by atoms with Crippen molar-refractivity contribution in [3.63, 3.8) is 0 Å². The molecular formula is C12H24N2O. The van der Waals surface area contributed by atoms with Gasteiger partial charge in [0.2, 0.25) is 5.91 Å². The minimum atomic E-state index is 0.173. The highest BCUT2D eigenvalue weighted by Crippen LogP contribution is 2.01. The number of nitrogens with one attached hydrogen (secondary N) is 1. The van der Waals surface area contributed by atoms with Gasteiger partial charge in [0.25, 0.3) is 0 Å². The average Bonchev–Trinajstić information content (AvgIpc) is 2.24. The lowest BCUT2D eigenvalue weighted by atomic mass is 10.1. The second kappa shape index (κ2) is 11.2. The van der Waals surface area contributed by atoms with Crippen molar-refractivity contribution >= 4 is 5.91 Å². The van der Waals surface area contributed by atoms with E-state index in [0.717, 1.165) is 45.2 Å². The topological polar surface area (TPSA) is 55.1 Å². The molecule has 0 spiro atoms. The lowest BCUT2D eigenvalue weighted by Crippen LogP contribution is -2.23. The molecule has 0 unspecified atom stereocenters. The molecule has 0 bridgehead atoms. The highest BCUT2D eigenvalue weighted by molar-refractivity contribution is 5.75. The van der Waals surface area contributed by atoms with Gasteiger partial charge in [0.05, 0.1) is 0 Å². The smallest absolute Gasteiger partial charge is 0.220 e. The molecule has 15 heavy (non-hydrogen) atoms. The van der Waals surface area contributed by atoms with Crippen molar-refractivity contribution in [3.05, 3.63) is 12.2 Å². The molecule has 0 aliphatic carbocycles. The first kappa shape index (κ1) is 14.2. The Bertz CT molecular complexity index is 178. The Balaban J connectivity index is 3.18. The molecule has 0 atom stereocenters. The Kier molecular flexibility index (Phi) is 10.6. The number of hydrogen-bond donors (Lipinski definition) is 2. The van der Waals surface area contributed by atoms with Gasteiger partial charge in [0.15, 0.2) is 0 Å². The summed E-state index contributed by atoms with van der Waals surface area (Å²) < 4.78 is 0. The average molecular weight is 212 g/mol. The number of hydrogen-bond acceptors (Lipinski definition) is 2. The van der Waals surface area contributed by atoms with Crippen LogP contribution in [-0.2, 0) is 4.79 Å². The second-order valence-corrected chi connectivity index (χ2v) is 3.66. The van der Waals surface area contributed by atoms with Gasteiger partial charge in [-0.1, -0.05) is 25.0 Å². The van der Waals surface area contributed by atoms with Crippen LogP contribution in [0.2, 0.25) is 0 Å². The van der Waals surface area contributed by atoms with Gasteiger partial charge < -0.3 is 11.1 Å². The van der Waals surface area contributed by atoms with Crippen molar-refractivity contribution in [2.45, 2.75) is 45.4 Å². The van der Waals surface area contributed by atoms with Crippen LogP contribution in [0.4, 0.5) is 0 Å². The van der Waals surface area contributed by atoms with Crippen LogP contribution in [0.25, 0.3) is 0 Å². The van der Waals surface area contributed by atoms with Crippen LogP contribution in [0.3, 0.4) is 0 Å². The van der Waals surface area contributed by atoms with Gasteiger partial charge in [-0.3, -0.25) is 4.79 Å². The summed E-state index contributed by atoms with van der Waals surface area (Å²) in [6, 6.07) is 0. The third-order valence-electron chi connectivity index (χ3n) is 2.23. The maximum Gasteiger partial charge on any atom is 0.220 e. The lowest BCUT2D eigenvalue weighted by molar-refractivity contribution is -0.121. The molecule has 88 valence electrons. The minimum absolute atomic E-state index is 0.173. The molecule has 3 heteroatoms. The summed E-state index contributed by atoms with van der Waals surface area (Å²) in [7, 11) is 0. The third kappa shape index (κ3) is 11.1. The zero-order valence-corrected chi connectivity index (χ0v) is 9.80. The fourth-order valence-corrected chi connectivity index (χ4v) is 1.33. The van der Waals surface area contributed by atoms with E-state index in [0.29, 0.717) is 6.42 Å². The molecule has 0 rings (SSSR count). The Labute approximate surface area is 93.1 Å². The Hall–Kier alpha value is -0.830. The summed E-state index contributed by atoms with van der Waals surface area (Å²) in [6.45, 7) is 3.50. The summed E-state index contributed by atoms with van der Waals surface area (Å²) in [5.41, 5.74) is 5.38. The van der Waals surface area contributed by atoms with Crippen LogP contribution >= 0.6 is 0 Å². The molecule has 0 aliphatic heterocycles. The number of allylic oxidation sites excluding steroid dienone is 1. The van der Waals surface area contributed by atoms with E-state index in [1.807, 2.05) is 13.0 Å². The van der Waals surface area contributed by atoms with Gasteiger partial charge in [-0.25, -0.2) is 0 Å². The number of unbranched alkanes of at least 4 members (excludes halogenated alkanes) is 3. The van der Waals surface area contributed by atoms with E-state index in [1.165, 1.54) is 0 Å². The molecule has 0 saturated heterocycles. The number of nitrogens with two attached hydrogens (primary N) is 1. The number of amides is 1. The van der Waals surface area contributed by atoms with Crippen LogP contribution in [0.5, 0.6) is 0 Å². The van der Waals surface area contributed by atoms with Crippen LogP contribution < -0.4 is 11.1 Å². The number of carbonyl (C=O) groups is 1. The largest absolute Gasteiger partial charge is 0.356 e. The molecule has 0 radical (unpaired) electrons. The van der Waals surface area contributed by atoms with Crippen LogP contribution in [0, 0.1) is 0 Å². The molecule has 3 nitrogen and oxygen atoms in total. The van der Waals surface area contributed by atoms with Crippen molar-refractivity contribution in [1.82, 2.24) is 5.32 Å². The van der Waals surface area contributed by atoms with Gasteiger partial charge in [-0.2, -0.15) is 0 Å². The predicted octanol–water partition coefficient (Wildman–Crippen LogP) is 1.98. The normalized spacial score (nSPS) is 10.8. The van der Waals surface area contributed by atoms with E-state index in [-0.39, 0.29) is 5.91 Å². The summed E-state index contributed by atoms with van der Waals surface area (Å²) in [5, 5.41) is 2.89. The molecule has 0 saturated carbocycles. The third-order valence-corrected chi connectivity index (χ3v) is 2.23. The maximum atomic E-state index is 11.3. The number of carbonyl (C=O) groups excluding carboxylic acids is 1. The van der Waals surface area contributed by atoms with Crippen molar-refractivity contribution in [3.8, 4) is 0 Å². The van der Waals surface area contributed by atoms with Crippen LogP contribution in [0.1, 0.15) is 45.4 Å². The van der Waals surface area contributed by atoms with E-state index in [9.17, 15) is 4.79 Å². The summed E-state index contributed by atoms with van der Waals surface area (Å²) in [4.78, 5) is 11.3. The first-order valence-corrected chi connectivity index (χ1v) is 5.89. The molecule has 0 heterocycles. The molecule has 0 fully saturated rings. The van der Waals surface area contributed by atoms with Crippen molar-refractivity contribution < 1.29 is 4.79 Å². The first-order chi connectivity index (χ1) is 7.31. The Morgan fingerprint density at radius 1 is 1.27 bits per heavy atom. The van der Waals surface area contributed by atoms with Crippen LogP contribution in [0.15, 0.2) is 12.2 Å². The fraction of sp³-hybridized carbons (Fsp3) is 0.750. The molecule has 0 aromatic carbocycles. The fourth-order valence-electron chi connectivity index (χ4n) is 1.33. The molecular weight excluding hydrogens is 188 g/mol. The molecule has 3 N–H and O–H groups in total. The quantitative estimate of drug-likeness (QED) is 0.453. The van der Waals surface area contributed by atoms with Crippen molar-refractivity contribution in [2.24, 2.45) is 5.73 Å². The standard InChI is InChI=1S/C12H24N2O/c1-2-3-8-11-14-12(15)9-6-4-5-7-10-13/h2-3H,4-11,13H2,1H3,(H,14,15)/b3-2+. The second-order valence-electron chi connectivity index (χ2n) is 3.66. The van der Waals surface area contributed by atoms with Gasteiger partial charge in [-0.05, 0) is 32.7 Å². The zero-order valence-electron chi connectivity index (χ0n) is 9.80. The van der Waals surface area contributed by atoms with E-state index >= 15 is 0 Å². The SMILES string of the molecule is C/C=C/CCNC(=O)CCCCCCN. The number of rotatable bonds is 9. The van der Waals surface area contributed by atoms with Crippen LogP contribution in [-0.4, -0.2) is 19.0 Å². The van der Waals surface area contributed by atoms with E-state index in [4.69, 9.17) is 5.73 Å². The van der Waals surface area contributed by atoms with E-state index < -0.39 is 0 Å². The van der Waals surface area contributed by atoms with Crippen molar-refractivity contribution in [2.75, 3.05) is 13.1 Å². The summed E-state index contributed by atoms with van der Waals surface area (Å²) in [5.74, 6) is 0.173. The monoisotopic (exact) mass is 212 g/mol. The highest BCUT2D eigenvalue weighted by atomic mass is 16.1. The van der Waals surface area contributed by atoms with Crippen molar-refractivity contribution in [1.29, 1.82) is 0 Å². The van der Waals surface area contributed by atoms with Gasteiger partial charge in [0, 0.05) is 13.0 Å². The summed E-state index contributed by atoms with van der Waals surface area (Å²) >= 11 is 0. The first-order valence-electron chi connectivity index (χ1n) is 5.89. The molecule has 0 aromatic rings. The summed E-state index contributed by atoms with van der Waals surface area (Å²) in [6.07, 6.45) is 9.94. The maximum absolute atomic E-state index is 11.3. The van der Waals surface area contributed by atoms with Gasteiger partial charge >= 0.3 is 0 Å². The van der Waals surface area contributed by atoms with E-state index in [1.54, 1.807) is 0 Å². The highest BCUT2D eigenvalue weighted by Gasteiger charge is 1.98. The van der Waals surface area contributed by atoms with Gasteiger partial charge in [-0.15, -0.1) is 0 Å². The predicted molar refractivity (Wildman–Crippen MR) is 64.6 cm³/mol. The van der Waals surface area contributed by atoms with E-state index in [2.05, 4.69) is 11.4 Å². The molecule has 0 aliphatic rings. The Morgan fingerprint density at radius 3 is 2.67 bits per heavy atom. The zero-order chi connectivity index (χ0) is 11.4. The Morgan fingerprint density at radius 2 is 2.00 bits per heavy atom. The lowest BCUT2D eigenvalue weighted by Gasteiger charge is -2.03. The molecule has 0 aromatic heterocycles. The molecule has 1 amide bonds.